The first-order chi connectivity index (χ1) is 6.69. The van der Waals surface area contributed by atoms with Gasteiger partial charge in [0, 0.05) is 0 Å². The Kier molecular flexibility index (Phi) is 3.82. The average molecular weight is 228 g/mol. The van der Waals surface area contributed by atoms with Gasteiger partial charge in [-0.25, -0.2) is 4.99 Å². The Morgan fingerprint density at radius 3 is 2.71 bits per heavy atom. The van der Waals surface area contributed by atoms with Crippen LogP contribution in [0.3, 0.4) is 0 Å². The van der Waals surface area contributed by atoms with E-state index in [2.05, 4.69) is 10.9 Å². The van der Waals surface area contributed by atoms with Crippen molar-refractivity contribution in [3.8, 4) is 18.1 Å². The molecule has 0 unspecified atom stereocenters. The lowest BCUT2D eigenvalue weighted by atomic mass is 10.2. The summed E-state index contributed by atoms with van der Waals surface area (Å²) >= 11 is 10.9. The van der Waals surface area contributed by atoms with Crippen LogP contribution in [0.15, 0.2) is 23.2 Å². The van der Waals surface area contributed by atoms with Gasteiger partial charge in [0.2, 0.25) is 0 Å². The highest BCUT2D eigenvalue weighted by atomic mass is 35.5. The zero-order valence-corrected chi connectivity index (χ0v) is 8.93. The Balaban J connectivity index is 3.31. The Hall–Kier alpha value is -1.17. The second kappa shape index (κ2) is 4.90. The number of hydrogen-bond acceptors (Lipinski definition) is 2. The lowest BCUT2D eigenvalue weighted by Gasteiger charge is -2.05. The predicted octanol–water partition coefficient (Wildman–Crippen LogP) is 3.14. The zero-order chi connectivity index (χ0) is 10.6. The number of aliphatic imine (C=N–C) groups is 1. The molecule has 0 amide bonds. The second-order valence-electron chi connectivity index (χ2n) is 2.35. The van der Waals surface area contributed by atoms with Crippen molar-refractivity contribution in [2.45, 2.75) is 0 Å². The van der Waals surface area contributed by atoms with Gasteiger partial charge in [-0.3, -0.25) is 0 Å². The molecule has 1 aromatic carbocycles. The summed E-state index contributed by atoms with van der Waals surface area (Å²) in [7, 11) is 1.51. The van der Waals surface area contributed by atoms with E-state index < -0.39 is 0 Å². The van der Waals surface area contributed by atoms with Crippen LogP contribution < -0.4 is 4.74 Å². The van der Waals surface area contributed by atoms with Gasteiger partial charge in [-0.2, -0.15) is 0 Å². The standard InChI is InChI=1S/C10H7Cl2NO/c1-3-7-5-4-6-8(9(7)14-2)13-10(11)12/h1,4-6H,2H3. The number of terminal acetylenes is 1. The number of benzene rings is 1. The van der Waals surface area contributed by atoms with E-state index >= 15 is 0 Å². The molecule has 0 radical (unpaired) electrons. The molecule has 0 N–H and O–H groups in total. The van der Waals surface area contributed by atoms with Crippen LogP contribution in [0.5, 0.6) is 5.75 Å². The summed E-state index contributed by atoms with van der Waals surface area (Å²) in [6, 6.07) is 5.22. The summed E-state index contributed by atoms with van der Waals surface area (Å²) in [6.07, 6.45) is 5.28. The maximum absolute atomic E-state index is 5.44. The van der Waals surface area contributed by atoms with Gasteiger partial charge >= 0.3 is 0 Å². The van der Waals surface area contributed by atoms with Crippen LogP contribution >= 0.6 is 23.2 Å². The number of ether oxygens (including phenoxy) is 1. The number of hydrogen-bond donors (Lipinski definition) is 0. The maximum atomic E-state index is 5.44. The molecule has 0 aliphatic carbocycles. The van der Waals surface area contributed by atoms with Crippen molar-refractivity contribution < 1.29 is 4.74 Å². The fraction of sp³-hybridized carbons (Fsp3) is 0.100. The van der Waals surface area contributed by atoms with Gasteiger partial charge in [-0.05, 0) is 35.3 Å². The Labute approximate surface area is 92.5 Å². The molecular formula is C10H7Cl2NO. The van der Waals surface area contributed by atoms with Crippen molar-refractivity contribution >= 4 is 33.5 Å². The van der Waals surface area contributed by atoms with Gasteiger partial charge in [0.05, 0.1) is 12.7 Å². The number of methoxy groups -OCH3 is 1. The Bertz CT molecular complexity index is 403. The second-order valence-corrected chi connectivity index (χ2v) is 3.26. The van der Waals surface area contributed by atoms with Gasteiger partial charge in [-0.15, -0.1) is 6.42 Å². The highest BCUT2D eigenvalue weighted by molar-refractivity contribution is 6.95. The highest BCUT2D eigenvalue weighted by Crippen LogP contribution is 2.31. The number of halogens is 2. The van der Waals surface area contributed by atoms with E-state index in [4.69, 9.17) is 34.4 Å². The van der Waals surface area contributed by atoms with Crippen molar-refractivity contribution in [1.82, 2.24) is 0 Å². The Morgan fingerprint density at radius 2 is 2.21 bits per heavy atom. The van der Waals surface area contributed by atoms with Crippen LogP contribution in [-0.2, 0) is 0 Å². The molecule has 0 aliphatic rings. The summed E-state index contributed by atoms with van der Waals surface area (Å²) in [4.78, 5) is 3.87. The summed E-state index contributed by atoms with van der Waals surface area (Å²) in [5.41, 5.74) is 1.13. The molecule has 72 valence electrons. The minimum absolute atomic E-state index is 0.0857. The van der Waals surface area contributed by atoms with Gasteiger partial charge in [0.1, 0.15) is 5.69 Å². The first-order valence-electron chi connectivity index (χ1n) is 3.72. The van der Waals surface area contributed by atoms with Crippen molar-refractivity contribution in [2.75, 3.05) is 7.11 Å². The molecule has 14 heavy (non-hydrogen) atoms. The third-order valence-corrected chi connectivity index (χ3v) is 1.73. The number of rotatable bonds is 2. The maximum Gasteiger partial charge on any atom is 0.197 e. The van der Waals surface area contributed by atoms with Crippen LogP contribution in [0.25, 0.3) is 0 Å². The lowest BCUT2D eigenvalue weighted by Crippen LogP contribution is -1.88. The minimum atomic E-state index is -0.0857. The first kappa shape index (κ1) is 10.9. The third-order valence-electron chi connectivity index (χ3n) is 1.56. The summed E-state index contributed by atoms with van der Waals surface area (Å²) < 4.78 is 5.02. The zero-order valence-electron chi connectivity index (χ0n) is 7.42. The molecular weight excluding hydrogens is 221 g/mol. The van der Waals surface area contributed by atoms with E-state index in [1.807, 2.05) is 0 Å². The van der Waals surface area contributed by atoms with Crippen LogP contribution in [0.4, 0.5) is 5.69 Å². The topological polar surface area (TPSA) is 21.6 Å². The van der Waals surface area contributed by atoms with E-state index in [0.29, 0.717) is 17.0 Å². The summed E-state index contributed by atoms with van der Waals surface area (Å²) in [5, 5.41) is 0. The average Bonchev–Trinajstić information content (AvgIpc) is 2.16. The number of para-hydroxylation sites is 1. The normalized spacial score (nSPS) is 9.00. The fourth-order valence-corrected chi connectivity index (χ4v) is 1.21. The van der Waals surface area contributed by atoms with Crippen molar-refractivity contribution in [3.05, 3.63) is 23.8 Å². The predicted molar refractivity (Wildman–Crippen MR) is 59.7 cm³/mol. The minimum Gasteiger partial charge on any atom is -0.493 e. The fourth-order valence-electron chi connectivity index (χ4n) is 1.03. The molecule has 0 bridgehead atoms. The molecule has 0 spiro atoms. The molecule has 0 atom stereocenters. The van der Waals surface area contributed by atoms with Crippen molar-refractivity contribution in [3.63, 3.8) is 0 Å². The largest absolute Gasteiger partial charge is 0.493 e. The van der Waals surface area contributed by atoms with E-state index in [1.165, 1.54) is 7.11 Å². The van der Waals surface area contributed by atoms with E-state index in [-0.39, 0.29) is 4.63 Å². The summed E-state index contributed by atoms with van der Waals surface area (Å²) in [6.45, 7) is 0. The lowest BCUT2D eigenvalue weighted by molar-refractivity contribution is 0.415. The van der Waals surface area contributed by atoms with E-state index in [9.17, 15) is 0 Å². The molecule has 0 aliphatic heterocycles. The molecule has 0 saturated heterocycles. The summed E-state index contributed by atoms with van der Waals surface area (Å²) in [5.74, 6) is 2.97. The third kappa shape index (κ3) is 2.41. The van der Waals surface area contributed by atoms with Crippen molar-refractivity contribution in [2.24, 2.45) is 4.99 Å². The van der Waals surface area contributed by atoms with Crippen LogP contribution in [-0.4, -0.2) is 11.7 Å². The molecule has 1 rings (SSSR count). The number of nitrogens with zero attached hydrogens (tertiary/aromatic N) is 1. The van der Waals surface area contributed by atoms with E-state index in [1.54, 1.807) is 18.2 Å². The molecule has 0 saturated carbocycles. The molecule has 0 aromatic heterocycles. The highest BCUT2D eigenvalue weighted by Gasteiger charge is 2.06. The quantitative estimate of drug-likeness (QED) is 0.562. The SMILES string of the molecule is C#Cc1cccc(N=C(Cl)Cl)c1OC. The smallest absolute Gasteiger partial charge is 0.197 e. The van der Waals surface area contributed by atoms with Gasteiger partial charge in [0.15, 0.2) is 10.4 Å². The molecule has 1 aromatic rings. The van der Waals surface area contributed by atoms with E-state index in [0.717, 1.165) is 0 Å². The molecule has 0 heterocycles. The van der Waals surface area contributed by atoms with Gasteiger partial charge < -0.3 is 4.74 Å². The van der Waals surface area contributed by atoms with Gasteiger partial charge in [-0.1, -0.05) is 12.0 Å². The molecule has 4 heteroatoms. The first-order valence-corrected chi connectivity index (χ1v) is 4.48. The van der Waals surface area contributed by atoms with Crippen LogP contribution in [0.2, 0.25) is 0 Å². The molecule has 0 fully saturated rings. The van der Waals surface area contributed by atoms with Crippen LogP contribution in [0, 0.1) is 12.3 Å². The monoisotopic (exact) mass is 227 g/mol. The van der Waals surface area contributed by atoms with Crippen LogP contribution in [0.1, 0.15) is 5.56 Å². The molecule has 2 nitrogen and oxygen atoms in total. The van der Waals surface area contributed by atoms with Crippen molar-refractivity contribution in [1.29, 1.82) is 0 Å². The van der Waals surface area contributed by atoms with Gasteiger partial charge in [0.25, 0.3) is 0 Å². The Morgan fingerprint density at radius 1 is 1.50 bits per heavy atom.